The van der Waals surface area contributed by atoms with Crippen molar-refractivity contribution in [2.75, 3.05) is 11.8 Å². The second kappa shape index (κ2) is 8.81. The minimum atomic E-state index is -3.82. The summed E-state index contributed by atoms with van der Waals surface area (Å²) in [6, 6.07) is 22.6. The Morgan fingerprint density at radius 2 is 1.58 bits per heavy atom. The van der Waals surface area contributed by atoms with E-state index >= 15 is 0 Å². The lowest BCUT2D eigenvalue weighted by Gasteiger charge is -2.19. The summed E-state index contributed by atoms with van der Waals surface area (Å²) in [5, 5.41) is 3.10. The first-order valence-electron chi connectivity index (χ1n) is 10.1. The van der Waals surface area contributed by atoms with E-state index in [4.69, 9.17) is 4.74 Å². The third-order valence-electron chi connectivity index (χ3n) is 5.32. The maximum Gasteiger partial charge on any atom is 0.262 e. The van der Waals surface area contributed by atoms with Crippen molar-refractivity contribution in [3.63, 3.8) is 0 Å². The SMILES string of the molecule is COc1ccccc1NS(=O)(=O)c1ccc(C(=O)NC(c2ccccc2)C2CC2)cc1. The maximum atomic E-state index is 12.8. The van der Waals surface area contributed by atoms with Crippen molar-refractivity contribution in [2.24, 2.45) is 5.92 Å². The zero-order valence-corrected chi connectivity index (χ0v) is 17.9. The highest BCUT2D eigenvalue weighted by molar-refractivity contribution is 7.92. The van der Waals surface area contributed by atoms with Crippen LogP contribution < -0.4 is 14.8 Å². The van der Waals surface area contributed by atoms with Crippen LogP contribution in [-0.4, -0.2) is 21.4 Å². The molecule has 0 aliphatic heterocycles. The number of hydrogen-bond acceptors (Lipinski definition) is 4. The minimum absolute atomic E-state index is 0.0377. The Morgan fingerprint density at radius 3 is 2.23 bits per heavy atom. The first kappa shape index (κ1) is 20.9. The zero-order chi connectivity index (χ0) is 21.8. The van der Waals surface area contributed by atoms with Crippen LogP contribution in [0.3, 0.4) is 0 Å². The Kier molecular flexibility index (Phi) is 5.95. The third-order valence-corrected chi connectivity index (χ3v) is 6.70. The summed E-state index contributed by atoms with van der Waals surface area (Å²) in [5.74, 6) is 0.646. The molecular formula is C24H24N2O4S. The molecule has 160 valence electrons. The van der Waals surface area contributed by atoms with Gasteiger partial charge in [-0.3, -0.25) is 9.52 Å². The van der Waals surface area contributed by atoms with Gasteiger partial charge in [-0.15, -0.1) is 0 Å². The lowest BCUT2D eigenvalue weighted by molar-refractivity contribution is 0.0931. The van der Waals surface area contributed by atoms with E-state index < -0.39 is 10.0 Å². The largest absolute Gasteiger partial charge is 0.495 e. The third kappa shape index (κ3) is 4.88. The van der Waals surface area contributed by atoms with E-state index in [0.717, 1.165) is 18.4 Å². The number of rotatable bonds is 8. The number of nitrogens with one attached hydrogen (secondary N) is 2. The fraction of sp³-hybridized carbons (Fsp3) is 0.208. The number of carbonyl (C=O) groups is 1. The molecule has 0 heterocycles. The number of methoxy groups -OCH3 is 1. The summed E-state index contributed by atoms with van der Waals surface area (Å²) in [6.45, 7) is 0. The van der Waals surface area contributed by atoms with Crippen molar-refractivity contribution < 1.29 is 17.9 Å². The van der Waals surface area contributed by atoms with Crippen molar-refractivity contribution >= 4 is 21.6 Å². The quantitative estimate of drug-likeness (QED) is 0.549. The van der Waals surface area contributed by atoms with E-state index in [1.807, 2.05) is 30.3 Å². The summed E-state index contributed by atoms with van der Waals surface area (Å²) in [7, 11) is -2.34. The van der Waals surface area contributed by atoms with Crippen LogP contribution in [0, 0.1) is 5.92 Å². The first-order chi connectivity index (χ1) is 15.0. The van der Waals surface area contributed by atoms with Gasteiger partial charge in [-0.2, -0.15) is 0 Å². The average molecular weight is 437 g/mol. The van der Waals surface area contributed by atoms with Crippen LogP contribution in [-0.2, 0) is 10.0 Å². The van der Waals surface area contributed by atoms with Gasteiger partial charge in [0, 0.05) is 5.56 Å². The molecule has 0 radical (unpaired) electrons. The van der Waals surface area contributed by atoms with Gasteiger partial charge < -0.3 is 10.1 Å². The number of benzene rings is 3. The predicted molar refractivity (Wildman–Crippen MR) is 120 cm³/mol. The normalized spacial score (nSPS) is 14.5. The molecule has 7 heteroatoms. The van der Waals surface area contributed by atoms with E-state index in [0.29, 0.717) is 22.9 Å². The Labute approximate surface area is 182 Å². The Morgan fingerprint density at radius 1 is 0.935 bits per heavy atom. The highest BCUT2D eigenvalue weighted by Crippen LogP contribution is 2.41. The van der Waals surface area contributed by atoms with E-state index in [-0.39, 0.29) is 16.8 Å². The van der Waals surface area contributed by atoms with Crippen molar-refractivity contribution in [3.05, 3.63) is 90.0 Å². The van der Waals surface area contributed by atoms with Crippen molar-refractivity contribution in [2.45, 2.75) is 23.8 Å². The molecule has 1 fully saturated rings. The van der Waals surface area contributed by atoms with Gasteiger partial charge in [-0.1, -0.05) is 42.5 Å². The van der Waals surface area contributed by atoms with Gasteiger partial charge in [0.1, 0.15) is 5.75 Å². The van der Waals surface area contributed by atoms with Crippen LogP contribution in [0.5, 0.6) is 5.75 Å². The highest BCUT2D eigenvalue weighted by atomic mass is 32.2. The minimum Gasteiger partial charge on any atom is -0.495 e. The van der Waals surface area contributed by atoms with Crippen LogP contribution in [0.15, 0.2) is 83.8 Å². The molecule has 3 aromatic carbocycles. The van der Waals surface area contributed by atoms with Gasteiger partial charge in [0.2, 0.25) is 0 Å². The van der Waals surface area contributed by atoms with E-state index in [1.165, 1.54) is 31.4 Å². The fourth-order valence-corrected chi connectivity index (χ4v) is 4.58. The predicted octanol–water partition coefficient (Wildman–Crippen LogP) is 4.38. The molecule has 2 N–H and O–H groups in total. The lowest BCUT2D eigenvalue weighted by Crippen LogP contribution is -2.29. The monoisotopic (exact) mass is 436 g/mol. The summed E-state index contributed by atoms with van der Waals surface area (Å²) in [4.78, 5) is 12.9. The number of ether oxygens (including phenoxy) is 1. The second-order valence-electron chi connectivity index (χ2n) is 7.53. The molecule has 1 unspecified atom stereocenters. The van der Waals surface area contributed by atoms with Crippen LogP contribution >= 0.6 is 0 Å². The smallest absolute Gasteiger partial charge is 0.262 e. The average Bonchev–Trinajstić information content (AvgIpc) is 3.63. The standard InChI is InChI=1S/C24H24N2O4S/c1-30-22-10-6-5-9-21(22)26-31(28,29)20-15-13-19(14-16-20)24(27)25-23(18-11-12-18)17-7-3-2-4-8-17/h2-10,13-16,18,23,26H,11-12H2,1H3,(H,25,27). The van der Waals surface area contributed by atoms with Crippen LogP contribution in [0.25, 0.3) is 0 Å². The number of hydrogen-bond donors (Lipinski definition) is 2. The number of sulfonamides is 1. The molecule has 31 heavy (non-hydrogen) atoms. The summed E-state index contributed by atoms with van der Waals surface area (Å²) in [6.07, 6.45) is 2.18. The molecule has 1 saturated carbocycles. The van der Waals surface area contributed by atoms with E-state index in [2.05, 4.69) is 10.0 Å². The van der Waals surface area contributed by atoms with Crippen LogP contribution in [0.4, 0.5) is 5.69 Å². The summed E-state index contributed by atoms with van der Waals surface area (Å²) < 4.78 is 33.2. The van der Waals surface area contributed by atoms with Gasteiger partial charge in [0.05, 0.1) is 23.7 Å². The Bertz CT molecular complexity index is 1160. The number of amides is 1. The van der Waals surface area contributed by atoms with Gasteiger partial charge in [-0.25, -0.2) is 8.42 Å². The Hall–Kier alpha value is -3.32. The molecule has 3 aromatic rings. The van der Waals surface area contributed by atoms with Gasteiger partial charge >= 0.3 is 0 Å². The molecule has 0 saturated heterocycles. The summed E-state index contributed by atoms with van der Waals surface area (Å²) in [5.41, 5.74) is 1.85. The molecule has 0 aromatic heterocycles. The van der Waals surface area contributed by atoms with Crippen molar-refractivity contribution in [1.29, 1.82) is 0 Å². The zero-order valence-electron chi connectivity index (χ0n) is 17.1. The molecule has 0 bridgehead atoms. The highest BCUT2D eigenvalue weighted by Gasteiger charge is 2.33. The molecule has 1 aliphatic carbocycles. The van der Waals surface area contributed by atoms with Crippen molar-refractivity contribution in [1.82, 2.24) is 5.32 Å². The Balaban J connectivity index is 1.49. The molecular weight excluding hydrogens is 412 g/mol. The number of anilines is 1. The lowest BCUT2D eigenvalue weighted by atomic mass is 10.0. The van der Waals surface area contributed by atoms with Crippen LogP contribution in [0.2, 0.25) is 0 Å². The van der Waals surface area contributed by atoms with Gasteiger partial charge in [-0.05, 0) is 60.7 Å². The number of para-hydroxylation sites is 2. The van der Waals surface area contributed by atoms with Crippen molar-refractivity contribution in [3.8, 4) is 5.75 Å². The molecule has 0 spiro atoms. The molecule has 1 aliphatic rings. The fourth-order valence-electron chi connectivity index (χ4n) is 3.51. The second-order valence-corrected chi connectivity index (χ2v) is 9.21. The van der Waals surface area contributed by atoms with Crippen LogP contribution in [0.1, 0.15) is 34.8 Å². The first-order valence-corrected chi connectivity index (χ1v) is 11.6. The summed E-state index contributed by atoms with van der Waals surface area (Å²) >= 11 is 0. The molecule has 6 nitrogen and oxygen atoms in total. The molecule has 1 atom stereocenters. The van der Waals surface area contributed by atoms with E-state index in [1.54, 1.807) is 24.3 Å². The molecule has 4 rings (SSSR count). The molecule has 1 amide bonds. The maximum absolute atomic E-state index is 12.8. The topological polar surface area (TPSA) is 84.5 Å². The van der Waals surface area contributed by atoms with Gasteiger partial charge in [0.25, 0.3) is 15.9 Å². The number of carbonyl (C=O) groups excluding carboxylic acids is 1. The van der Waals surface area contributed by atoms with Gasteiger partial charge in [0.15, 0.2) is 0 Å². The van der Waals surface area contributed by atoms with E-state index in [9.17, 15) is 13.2 Å².